The van der Waals surface area contributed by atoms with Gasteiger partial charge in [0.15, 0.2) is 0 Å². The van der Waals surface area contributed by atoms with Crippen molar-refractivity contribution in [2.75, 3.05) is 13.1 Å². The quantitative estimate of drug-likeness (QED) is 0.806. The summed E-state index contributed by atoms with van der Waals surface area (Å²) in [5.74, 6) is -0.229. The Kier molecular flexibility index (Phi) is 6.56. The predicted molar refractivity (Wildman–Crippen MR) is 104 cm³/mol. The van der Waals surface area contributed by atoms with Crippen LogP contribution in [0.15, 0.2) is 53.4 Å². The van der Waals surface area contributed by atoms with Crippen LogP contribution in [0, 0.1) is 6.92 Å². The molecule has 6 heteroatoms. The highest BCUT2D eigenvalue weighted by atomic mass is 32.2. The molecule has 1 N–H and O–H groups in total. The van der Waals surface area contributed by atoms with Crippen molar-refractivity contribution in [2.45, 2.75) is 38.6 Å². The highest BCUT2D eigenvalue weighted by molar-refractivity contribution is 7.89. The average Bonchev–Trinajstić information content (AvgIpc) is 2.62. The number of nitrogens with zero attached hydrogens (tertiary/aromatic N) is 1. The van der Waals surface area contributed by atoms with Gasteiger partial charge in [-0.25, -0.2) is 8.42 Å². The fourth-order valence-corrected chi connectivity index (χ4v) is 4.38. The van der Waals surface area contributed by atoms with Crippen molar-refractivity contribution in [1.29, 1.82) is 0 Å². The molecule has 0 bridgehead atoms. The van der Waals surface area contributed by atoms with Gasteiger partial charge in [-0.15, -0.1) is 0 Å². The molecular formula is C20H26N2O3S. The molecular weight excluding hydrogens is 348 g/mol. The zero-order valence-electron chi connectivity index (χ0n) is 15.7. The van der Waals surface area contributed by atoms with E-state index in [-0.39, 0.29) is 16.8 Å². The molecule has 0 heterocycles. The van der Waals surface area contributed by atoms with Crippen molar-refractivity contribution in [2.24, 2.45) is 0 Å². The van der Waals surface area contributed by atoms with Crippen molar-refractivity contribution in [1.82, 2.24) is 9.62 Å². The van der Waals surface area contributed by atoms with E-state index in [1.807, 2.05) is 38.1 Å². The highest BCUT2D eigenvalue weighted by Crippen LogP contribution is 2.19. The third kappa shape index (κ3) is 4.31. The van der Waals surface area contributed by atoms with Crippen LogP contribution in [0.25, 0.3) is 0 Å². The number of nitrogens with one attached hydrogen (secondary N) is 1. The van der Waals surface area contributed by atoms with E-state index in [9.17, 15) is 13.2 Å². The van der Waals surface area contributed by atoms with E-state index in [4.69, 9.17) is 0 Å². The first kappa shape index (κ1) is 20.1. The zero-order chi connectivity index (χ0) is 19.3. The average molecular weight is 375 g/mol. The number of carbonyl (C=O) groups is 1. The molecule has 2 rings (SSSR count). The Bertz CT molecular complexity index is 857. The van der Waals surface area contributed by atoms with Gasteiger partial charge in [0.05, 0.1) is 10.9 Å². The van der Waals surface area contributed by atoms with Crippen molar-refractivity contribution >= 4 is 15.9 Å². The largest absolute Gasteiger partial charge is 0.346 e. The van der Waals surface area contributed by atoms with Gasteiger partial charge in [0.1, 0.15) is 0 Å². The second kappa shape index (κ2) is 8.47. The number of benzene rings is 2. The number of hydrogen-bond donors (Lipinski definition) is 1. The highest BCUT2D eigenvalue weighted by Gasteiger charge is 2.22. The molecule has 1 amide bonds. The van der Waals surface area contributed by atoms with Crippen LogP contribution in [0.1, 0.15) is 48.3 Å². The van der Waals surface area contributed by atoms with Gasteiger partial charge >= 0.3 is 0 Å². The molecule has 26 heavy (non-hydrogen) atoms. The van der Waals surface area contributed by atoms with Crippen LogP contribution in [0.5, 0.6) is 0 Å². The fourth-order valence-electron chi connectivity index (χ4n) is 2.92. The van der Waals surface area contributed by atoms with Gasteiger partial charge in [0.25, 0.3) is 5.91 Å². The lowest BCUT2D eigenvalue weighted by atomic mass is 10.0. The van der Waals surface area contributed by atoms with Crippen molar-refractivity contribution in [3.8, 4) is 0 Å². The summed E-state index contributed by atoms with van der Waals surface area (Å²) in [6.07, 6.45) is 0. The van der Waals surface area contributed by atoms with Gasteiger partial charge in [-0.05, 0) is 49.2 Å². The first-order valence-electron chi connectivity index (χ1n) is 8.77. The Morgan fingerprint density at radius 2 is 1.62 bits per heavy atom. The standard InChI is InChI=1S/C20H26N2O3S/c1-5-22(6-2)26(24,25)18-13-11-17(12-14-18)20(23)21-16(4)19-10-8-7-9-15(19)3/h7-14,16H,5-6H2,1-4H3,(H,21,23). The molecule has 2 aromatic carbocycles. The molecule has 0 aromatic heterocycles. The molecule has 0 aliphatic carbocycles. The summed E-state index contributed by atoms with van der Waals surface area (Å²) in [4.78, 5) is 12.7. The SMILES string of the molecule is CCN(CC)S(=O)(=O)c1ccc(C(=O)NC(C)c2ccccc2C)cc1. The van der Waals surface area contributed by atoms with Gasteiger partial charge < -0.3 is 5.32 Å². The van der Waals surface area contributed by atoms with Crippen LogP contribution < -0.4 is 5.32 Å². The van der Waals surface area contributed by atoms with Crippen LogP contribution in [0.4, 0.5) is 0 Å². The van der Waals surface area contributed by atoms with Gasteiger partial charge in [0.2, 0.25) is 10.0 Å². The van der Waals surface area contributed by atoms with E-state index >= 15 is 0 Å². The molecule has 1 atom stereocenters. The molecule has 140 valence electrons. The van der Waals surface area contributed by atoms with Gasteiger partial charge in [-0.2, -0.15) is 4.31 Å². The summed E-state index contributed by atoms with van der Waals surface area (Å²) in [7, 11) is -3.51. The Labute approximate surface area is 156 Å². The van der Waals surface area contributed by atoms with Crippen LogP contribution in [0.3, 0.4) is 0 Å². The van der Waals surface area contributed by atoms with Gasteiger partial charge in [0, 0.05) is 18.7 Å². The summed E-state index contributed by atoms with van der Waals surface area (Å²) in [6.45, 7) is 8.36. The van der Waals surface area contributed by atoms with Crippen molar-refractivity contribution < 1.29 is 13.2 Å². The van der Waals surface area contributed by atoms with E-state index in [1.165, 1.54) is 16.4 Å². The minimum atomic E-state index is -3.51. The normalized spacial score (nSPS) is 12.8. The first-order valence-corrected chi connectivity index (χ1v) is 10.2. The molecule has 0 saturated carbocycles. The maximum atomic E-state index is 12.5. The second-order valence-electron chi connectivity index (χ2n) is 6.17. The molecule has 5 nitrogen and oxygen atoms in total. The van der Waals surface area contributed by atoms with E-state index in [0.29, 0.717) is 18.7 Å². The topological polar surface area (TPSA) is 66.5 Å². The minimum Gasteiger partial charge on any atom is -0.346 e. The summed E-state index contributed by atoms with van der Waals surface area (Å²) in [5, 5.41) is 2.96. The molecule has 0 radical (unpaired) electrons. The van der Waals surface area contributed by atoms with Gasteiger partial charge in [-0.3, -0.25) is 4.79 Å². The first-order chi connectivity index (χ1) is 12.3. The van der Waals surface area contributed by atoms with Crippen molar-refractivity contribution in [3.05, 3.63) is 65.2 Å². The predicted octanol–water partition coefficient (Wildman–Crippen LogP) is 3.52. The Balaban J connectivity index is 2.15. The Morgan fingerprint density at radius 1 is 1.04 bits per heavy atom. The summed E-state index contributed by atoms with van der Waals surface area (Å²) < 4.78 is 26.4. The summed E-state index contributed by atoms with van der Waals surface area (Å²) in [6, 6.07) is 13.8. The van der Waals surface area contributed by atoms with Crippen LogP contribution >= 0.6 is 0 Å². The summed E-state index contributed by atoms with van der Waals surface area (Å²) >= 11 is 0. The Morgan fingerprint density at radius 3 is 2.15 bits per heavy atom. The van der Waals surface area contributed by atoms with E-state index < -0.39 is 10.0 Å². The fraction of sp³-hybridized carbons (Fsp3) is 0.350. The maximum Gasteiger partial charge on any atom is 0.251 e. The lowest BCUT2D eigenvalue weighted by molar-refractivity contribution is 0.0939. The zero-order valence-corrected chi connectivity index (χ0v) is 16.5. The van der Waals surface area contributed by atoms with Gasteiger partial charge in [-0.1, -0.05) is 38.1 Å². The van der Waals surface area contributed by atoms with Crippen LogP contribution in [0.2, 0.25) is 0 Å². The number of aryl methyl sites for hydroxylation is 1. The molecule has 0 aliphatic heterocycles. The smallest absolute Gasteiger partial charge is 0.251 e. The monoisotopic (exact) mass is 374 g/mol. The third-order valence-electron chi connectivity index (χ3n) is 4.46. The molecule has 1 unspecified atom stereocenters. The van der Waals surface area contributed by atoms with E-state index in [0.717, 1.165) is 11.1 Å². The molecule has 2 aromatic rings. The molecule has 0 fully saturated rings. The Hall–Kier alpha value is -2.18. The lowest BCUT2D eigenvalue weighted by Crippen LogP contribution is -2.30. The van der Waals surface area contributed by atoms with E-state index in [1.54, 1.807) is 26.0 Å². The number of amides is 1. The number of sulfonamides is 1. The van der Waals surface area contributed by atoms with Crippen LogP contribution in [-0.2, 0) is 10.0 Å². The number of rotatable bonds is 7. The molecule has 0 spiro atoms. The second-order valence-corrected chi connectivity index (χ2v) is 8.10. The number of hydrogen-bond acceptors (Lipinski definition) is 3. The number of carbonyl (C=O) groups excluding carboxylic acids is 1. The maximum absolute atomic E-state index is 12.5. The molecule has 0 aliphatic rings. The molecule has 0 saturated heterocycles. The minimum absolute atomic E-state index is 0.136. The van der Waals surface area contributed by atoms with E-state index in [2.05, 4.69) is 5.32 Å². The lowest BCUT2D eigenvalue weighted by Gasteiger charge is -2.19. The van der Waals surface area contributed by atoms with Crippen LogP contribution in [-0.4, -0.2) is 31.7 Å². The summed E-state index contributed by atoms with van der Waals surface area (Å²) in [5.41, 5.74) is 2.60. The van der Waals surface area contributed by atoms with Crippen molar-refractivity contribution in [3.63, 3.8) is 0 Å². The third-order valence-corrected chi connectivity index (χ3v) is 6.53.